The summed E-state index contributed by atoms with van der Waals surface area (Å²) in [7, 11) is 0. The van der Waals surface area contributed by atoms with Gasteiger partial charge in [-0.2, -0.15) is 0 Å². The summed E-state index contributed by atoms with van der Waals surface area (Å²) in [4.78, 5) is 0. The van der Waals surface area contributed by atoms with E-state index in [0.717, 1.165) is 13.0 Å². The molecule has 1 aromatic carbocycles. The molecule has 14 heavy (non-hydrogen) atoms. The zero-order chi connectivity index (χ0) is 10.4. The van der Waals surface area contributed by atoms with E-state index in [1.807, 2.05) is 6.92 Å². The predicted octanol–water partition coefficient (Wildman–Crippen LogP) is 3.30. The van der Waals surface area contributed by atoms with Crippen molar-refractivity contribution in [3.63, 3.8) is 0 Å². The second-order valence-electron chi connectivity index (χ2n) is 3.71. The quantitative estimate of drug-likeness (QED) is 0.701. The molecule has 0 aliphatic carbocycles. The Balaban J connectivity index is 2.58. The zero-order valence-corrected chi connectivity index (χ0v) is 9.09. The molecular formula is C13H19N. The maximum atomic E-state index is 3.89. The van der Waals surface area contributed by atoms with Crippen LogP contribution in [0.25, 0.3) is 0 Å². The van der Waals surface area contributed by atoms with E-state index in [2.05, 4.69) is 49.2 Å². The lowest BCUT2D eigenvalue weighted by atomic mass is 10.0. The normalized spacial score (nSPS) is 12.4. The van der Waals surface area contributed by atoms with Crippen LogP contribution in [0, 0.1) is 0 Å². The van der Waals surface area contributed by atoms with Crippen molar-refractivity contribution in [1.82, 2.24) is 5.32 Å². The van der Waals surface area contributed by atoms with Crippen molar-refractivity contribution in [2.24, 2.45) is 0 Å². The number of rotatable bonds is 5. The average Bonchev–Trinajstić information content (AvgIpc) is 2.20. The van der Waals surface area contributed by atoms with Crippen molar-refractivity contribution in [2.45, 2.75) is 26.3 Å². The van der Waals surface area contributed by atoms with Crippen LogP contribution in [0.2, 0.25) is 0 Å². The molecule has 0 aliphatic heterocycles. The number of hydrogen-bond donors (Lipinski definition) is 1. The third kappa shape index (κ3) is 3.35. The minimum atomic E-state index is 0.452. The summed E-state index contributed by atoms with van der Waals surface area (Å²) < 4.78 is 0. The van der Waals surface area contributed by atoms with Crippen LogP contribution in [-0.4, -0.2) is 6.54 Å². The van der Waals surface area contributed by atoms with Crippen LogP contribution >= 0.6 is 0 Å². The highest BCUT2D eigenvalue weighted by molar-refractivity contribution is 5.19. The standard InChI is InChI=1S/C13H19N/c1-4-13(14-10-11(2)3)12-8-6-5-7-9-12/h5-9,13-14H,2,4,10H2,1,3H3/t13-/m1/s1. The van der Waals surface area contributed by atoms with Gasteiger partial charge >= 0.3 is 0 Å². The number of hydrogen-bond acceptors (Lipinski definition) is 1. The lowest BCUT2D eigenvalue weighted by molar-refractivity contribution is 0.544. The topological polar surface area (TPSA) is 12.0 Å². The van der Waals surface area contributed by atoms with Crippen LogP contribution in [0.4, 0.5) is 0 Å². The van der Waals surface area contributed by atoms with Crippen molar-refractivity contribution < 1.29 is 0 Å². The van der Waals surface area contributed by atoms with Crippen LogP contribution in [0.3, 0.4) is 0 Å². The van der Waals surface area contributed by atoms with Crippen LogP contribution in [-0.2, 0) is 0 Å². The number of nitrogens with one attached hydrogen (secondary N) is 1. The van der Waals surface area contributed by atoms with E-state index in [1.165, 1.54) is 11.1 Å². The summed E-state index contributed by atoms with van der Waals surface area (Å²) in [5.74, 6) is 0. The van der Waals surface area contributed by atoms with Crippen LogP contribution in [0.15, 0.2) is 42.5 Å². The van der Waals surface area contributed by atoms with E-state index < -0.39 is 0 Å². The van der Waals surface area contributed by atoms with Crippen molar-refractivity contribution in [3.05, 3.63) is 48.0 Å². The van der Waals surface area contributed by atoms with E-state index in [0.29, 0.717) is 6.04 Å². The second kappa shape index (κ2) is 5.61. The van der Waals surface area contributed by atoms with Gasteiger partial charge in [0.1, 0.15) is 0 Å². The molecule has 0 saturated heterocycles. The number of benzene rings is 1. The molecule has 0 fully saturated rings. The Kier molecular flexibility index (Phi) is 4.41. The summed E-state index contributed by atoms with van der Waals surface area (Å²) in [6.07, 6.45) is 1.11. The van der Waals surface area contributed by atoms with Crippen LogP contribution in [0.1, 0.15) is 31.9 Å². The molecule has 0 aromatic heterocycles. The largest absolute Gasteiger partial charge is 0.306 e. The first-order valence-electron chi connectivity index (χ1n) is 5.16. The Morgan fingerprint density at radius 3 is 2.50 bits per heavy atom. The molecule has 1 atom stereocenters. The molecule has 0 radical (unpaired) electrons. The first-order valence-corrected chi connectivity index (χ1v) is 5.16. The maximum Gasteiger partial charge on any atom is 0.0320 e. The van der Waals surface area contributed by atoms with Gasteiger partial charge in [0, 0.05) is 12.6 Å². The summed E-state index contributed by atoms with van der Waals surface area (Å²) in [6.45, 7) is 9.03. The van der Waals surface area contributed by atoms with Crippen LogP contribution in [0.5, 0.6) is 0 Å². The van der Waals surface area contributed by atoms with Crippen molar-refractivity contribution in [1.29, 1.82) is 0 Å². The highest BCUT2D eigenvalue weighted by Gasteiger charge is 2.06. The lowest BCUT2D eigenvalue weighted by Gasteiger charge is -2.17. The average molecular weight is 189 g/mol. The van der Waals surface area contributed by atoms with Gasteiger partial charge in [-0.05, 0) is 18.9 Å². The highest BCUT2D eigenvalue weighted by atomic mass is 14.9. The van der Waals surface area contributed by atoms with Gasteiger partial charge in [0.2, 0.25) is 0 Å². The summed E-state index contributed by atoms with van der Waals surface area (Å²) in [5.41, 5.74) is 2.54. The second-order valence-corrected chi connectivity index (χ2v) is 3.71. The van der Waals surface area contributed by atoms with Crippen molar-refractivity contribution in [2.75, 3.05) is 6.54 Å². The third-order valence-electron chi connectivity index (χ3n) is 2.26. The third-order valence-corrected chi connectivity index (χ3v) is 2.26. The minimum Gasteiger partial charge on any atom is -0.306 e. The van der Waals surface area contributed by atoms with Gasteiger partial charge in [0.15, 0.2) is 0 Å². The molecule has 1 aromatic rings. The van der Waals surface area contributed by atoms with Gasteiger partial charge in [-0.3, -0.25) is 0 Å². The molecule has 0 unspecified atom stereocenters. The van der Waals surface area contributed by atoms with Gasteiger partial charge in [0.05, 0.1) is 0 Å². The summed E-state index contributed by atoms with van der Waals surface area (Å²) in [6, 6.07) is 11.0. The fourth-order valence-corrected chi connectivity index (χ4v) is 1.48. The molecule has 1 N–H and O–H groups in total. The molecule has 1 nitrogen and oxygen atoms in total. The summed E-state index contributed by atoms with van der Waals surface area (Å²) in [5, 5.41) is 3.49. The van der Waals surface area contributed by atoms with Crippen LogP contribution < -0.4 is 5.32 Å². The first-order chi connectivity index (χ1) is 6.74. The molecule has 76 valence electrons. The Bertz CT molecular complexity index is 277. The molecule has 0 amide bonds. The monoisotopic (exact) mass is 189 g/mol. The van der Waals surface area contributed by atoms with E-state index in [9.17, 15) is 0 Å². The molecular weight excluding hydrogens is 170 g/mol. The van der Waals surface area contributed by atoms with E-state index in [1.54, 1.807) is 0 Å². The molecule has 0 aliphatic rings. The molecule has 1 heteroatoms. The van der Waals surface area contributed by atoms with E-state index in [4.69, 9.17) is 0 Å². The Labute approximate surface area is 86.8 Å². The smallest absolute Gasteiger partial charge is 0.0320 e. The van der Waals surface area contributed by atoms with Gasteiger partial charge in [-0.25, -0.2) is 0 Å². The van der Waals surface area contributed by atoms with E-state index in [-0.39, 0.29) is 0 Å². The molecule has 1 rings (SSSR count). The molecule has 0 saturated carbocycles. The molecule has 0 bridgehead atoms. The predicted molar refractivity (Wildman–Crippen MR) is 62.3 cm³/mol. The Hall–Kier alpha value is -1.08. The Morgan fingerprint density at radius 1 is 1.36 bits per heavy atom. The summed E-state index contributed by atoms with van der Waals surface area (Å²) >= 11 is 0. The van der Waals surface area contributed by atoms with Gasteiger partial charge in [0.25, 0.3) is 0 Å². The fourth-order valence-electron chi connectivity index (χ4n) is 1.48. The van der Waals surface area contributed by atoms with Gasteiger partial charge in [-0.1, -0.05) is 49.4 Å². The maximum absolute atomic E-state index is 3.89. The van der Waals surface area contributed by atoms with Gasteiger partial charge in [-0.15, -0.1) is 0 Å². The minimum absolute atomic E-state index is 0.452. The first kappa shape index (κ1) is 11.0. The van der Waals surface area contributed by atoms with Crippen molar-refractivity contribution in [3.8, 4) is 0 Å². The van der Waals surface area contributed by atoms with Gasteiger partial charge < -0.3 is 5.32 Å². The Morgan fingerprint density at radius 2 is 2.00 bits per heavy atom. The fraction of sp³-hybridized carbons (Fsp3) is 0.385. The molecule has 0 spiro atoms. The highest BCUT2D eigenvalue weighted by Crippen LogP contribution is 2.15. The SMILES string of the molecule is C=C(C)CN[C@H](CC)c1ccccc1. The van der Waals surface area contributed by atoms with E-state index >= 15 is 0 Å². The molecule has 0 heterocycles. The van der Waals surface area contributed by atoms with Crippen molar-refractivity contribution >= 4 is 0 Å². The lowest BCUT2D eigenvalue weighted by Crippen LogP contribution is -2.22. The zero-order valence-electron chi connectivity index (χ0n) is 9.09.